The molecular weight excluding hydrogens is 248 g/mol. The van der Waals surface area contributed by atoms with Crippen LogP contribution in [0.4, 0.5) is 0 Å². The fourth-order valence-corrected chi connectivity index (χ4v) is 1.77. The molecule has 0 aliphatic rings. The third-order valence-electron chi connectivity index (χ3n) is 2.66. The molecule has 0 bridgehead atoms. The second kappa shape index (κ2) is 4.05. The van der Waals surface area contributed by atoms with E-state index in [9.17, 15) is 9.59 Å². The van der Waals surface area contributed by atoms with Crippen LogP contribution in [-0.4, -0.2) is 30.7 Å². The fraction of sp³-hybridized carbons (Fsp3) is 0. The van der Waals surface area contributed by atoms with Crippen molar-refractivity contribution in [3.05, 3.63) is 52.7 Å². The monoisotopic (exact) mass is 256 g/mol. The standard InChI is InChI=1S/C12H8N4O3/c17-11-6-8(7-1-3-13-4-2-7)14-10-5-9(12(18)19)15-16(10)11/h1-6,15H,(H,18,19). The number of rotatable bonds is 2. The molecule has 0 aliphatic carbocycles. The summed E-state index contributed by atoms with van der Waals surface area (Å²) in [6, 6.07) is 6.10. The Kier molecular flexibility index (Phi) is 2.38. The summed E-state index contributed by atoms with van der Waals surface area (Å²) in [7, 11) is 0. The molecule has 0 aromatic carbocycles. The van der Waals surface area contributed by atoms with Gasteiger partial charge in [0.05, 0.1) is 5.69 Å². The second-order valence-electron chi connectivity index (χ2n) is 3.88. The Morgan fingerprint density at radius 1 is 1.26 bits per heavy atom. The third-order valence-corrected chi connectivity index (χ3v) is 2.66. The summed E-state index contributed by atoms with van der Waals surface area (Å²) in [5, 5.41) is 11.4. The number of pyridine rings is 1. The quantitative estimate of drug-likeness (QED) is 0.705. The Hall–Kier alpha value is -2.96. The number of hydrogen-bond acceptors (Lipinski definition) is 4. The normalized spacial score (nSPS) is 10.7. The highest BCUT2D eigenvalue weighted by atomic mass is 16.4. The molecule has 0 saturated heterocycles. The molecular formula is C12H8N4O3. The fourth-order valence-electron chi connectivity index (χ4n) is 1.77. The first-order chi connectivity index (χ1) is 9.15. The SMILES string of the molecule is O=C(O)c1cc2nc(-c3ccncc3)cc(=O)n2[nH]1. The summed E-state index contributed by atoms with van der Waals surface area (Å²) in [6.45, 7) is 0. The summed E-state index contributed by atoms with van der Waals surface area (Å²) in [6.07, 6.45) is 3.19. The molecule has 2 N–H and O–H groups in total. The van der Waals surface area contributed by atoms with Crippen molar-refractivity contribution in [1.29, 1.82) is 0 Å². The number of aromatic amines is 1. The van der Waals surface area contributed by atoms with Gasteiger partial charge in [0, 0.05) is 30.1 Å². The molecule has 0 unspecified atom stereocenters. The van der Waals surface area contributed by atoms with Crippen LogP contribution in [0.3, 0.4) is 0 Å². The Labute approximate surface area is 106 Å². The van der Waals surface area contributed by atoms with Gasteiger partial charge in [-0.2, -0.15) is 0 Å². The predicted molar refractivity (Wildman–Crippen MR) is 66.0 cm³/mol. The molecule has 7 nitrogen and oxygen atoms in total. The third kappa shape index (κ3) is 1.86. The molecule has 94 valence electrons. The van der Waals surface area contributed by atoms with Crippen molar-refractivity contribution in [3.8, 4) is 11.3 Å². The van der Waals surface area contributed by atoms with Gasteiger partial charge in [0.2, 0.25) is 0 Å². The Morgan fingerprint density at radius 3 is 2.68 bits per heavy atom. The van der Waals surface area contributed by atoms with Crippen LogP contribution in [0.2, 0.25) is 0 Å². The first-order valence-electron chi connectivity index (χ1n) is 5.42. The molecule has 0 spiro atoms. The van der Waals surface area contributed by atoms with Crippen molar-refractivity contribution >= 4 is 11.6 Å². The zero-order chi connectivity index (χ0) is 13.4. The smallest absolute Gasteiger partial charge is 0.353 e. The summed E-state index contributed by atoms with van der Waals surface area (Å²) >= 11 is 0. The zero-order valence-corrected chi connectivity index (χ0v) is 9.57. The van der Waals surface area contributed by atoms with Crippen LogP contribution in [0.25, 0.3) is 16.9 Å². The molecule has 7 heteroatoms. The second-order valence-corrected chi connectivity index (χ2v) is 3.88. The largest absolute Gasteiger partial charge is 0.477 e. The molecule has 3 aromatic heterocycles. The molecule has 3 rings (SSSR count). The average molecular weight is 256 g/mol. The highest BCUT2D eigenvalue weighted by Crippen LogP contribution is 2.14. The maximum absolute atomic E-state index is 11.9. The highest BCUT2D eigenvalue weighted by molar-refractivity contribution is 5.86. The summed E-state index contributed by atoms with van der Waals surface area (Å²) in [5.74, 6) is -1.14. The van der Waals surface area contributed by atoms with Gasteiger partial charge in [-0.25, -0.2) is 14.3 Å². The number of nitrogens with one attached hydrogen (secondary N) is 1. The highest BCUT2D eigenvalue weighted by Gasteiger charge is 2.11. The summed E-state index contributed by atoms with van der Waals surface area (Å²) in [4.78, 5) is 30.9. The van der Waals surface area contributed by atoms with E-state index < -0.39 is 5.97 Å². The molecule has 0 atom stereocenters. The molecule has 0 fully saturated rings. The maximum atomic E-state index is 11.9. The van der Waals surface area contributed by atoms with E-state index in [0.29, 0.717) is 5.69 Å². The minimum atomic E-state index is -1.14. The van der Waals surface area contributed by atoms with E-state index in [1.807, 2.05) is 0 Å². The van der Waals surface area contributed by atoms with Crippen molar-refractivity contribution in [2.45, 2.75) is 0 Å². The molecule has 3 aromatic rings. The van der Waals surface area contributed by atoms with Gasteiger partial charge in [0.25, 0.3) is 5.56 Å². The van der Waals surface area contributed by atoms with Crippen molar-refractivity contribution in [1.82, 2.24) is 19.6 Å². The van der Waals surface area contributed by atoms with E-state index >= 15 is 0 Å². The number of carboxylic acids is 1. The Morgan fingerprint density at radius 2 is 2.00 bits per heavy atom. The van der Waals surface area contributed by atoms with Gasteiger partial charge in [-0.15, -0.1) is 0 Å². The van der Waals surface area contributed by atoms with E-state index in [1.54, 1.807) is 24.5 Å². The Balaban J connectivity index is 2.25. The number of hydrogen-bond donors (Lipinski definition) is 2. The lowest BCUT2D eigenvalue weighted by Crippen LogP contribution is -2.14. The predicted octanol–water partition coefficient (Wildman–Crippen LogP) is 0.783. The maximum Gasteiger partial charge on any atom is 0.353 e. The number of nitrogens with zero attached hydrogens (tertiary/aromatic N) is 3. The lowest BCUT2D eigenvalue weighted by atomic mass is 10.2. The van der Waals surface area contributed by atoms with Crippen LogP contribution in [0.15, 0.2) is 41.5 Å². The van der Waals surface area contributed by atoms with Crippen LogP contribution >= 0.6 is 0 Å². The number of fused-ring (bicyclic) bond motifs is 1. The van der Waals surface area contributed by atoms with Gasteiger partial charge < -0.3 is 5.11 Å². The summed E-state index contributed by atoms with van der Waals surface area (Å²) < 4.78 is 1.09. The van der Waals surface area contributed by atoms with Crippen LogP contribution in [0.5, 0.6) is 0 Å². The molecule has 0 radical (unpaired) electrons. The number of carbonyl (C=O) groups is 1. The molecule has 0 aliphatic heterocycles. The van der Waals surface area contributed by atoms with E-state index in [1.165, 1.54) is 12.1 Å². The lowest BCUT2D eigenvalue weighted by Gasteiger charge is -1.99. The van der Waals surface area contributed by atoms with Crippen LogP contribution in [0.1, 0.15) is 10.5 Å². The molecule has 0 amide bonds. The topological polar surface area (TPSA) is 100 Å². The zero-order valence-electron chi connectivity index (χ0n) is 9.57. The van der Waals surface area contributed by atoms with Gasteiger partial charge in [-0.1, -0.05) is 0 Å². The number of aromatic nitrogens is 4. The van der Waals surface area contributed by atoms with Crippen molar-refractivity contribution in [2.24, 2.45) is 0 Å². The van der Waals surface area contributed by atoms with Gasteiger partial charge in [-0.05, 0) is 12.1 Å². The van der Waals surface area contributed by atoms with Crippen LogP contribution in [-0.2, 0) is 0 Å². The van der Waals surface area contributed by atoms with Crippen molar-refractivity contribution in [2.75, 3.05) is 0 Å². The minimum Gasteiger partial charge on any atom is -0.477 e. The van der Waals surface area contributed by atoms with Gasteiger partial charge in [0.1, 0.15) is 5.69 Å². The van der Waals surface area contributed by atoms with E-state index in [2.05, 4.69) is 15.1 Å². The minimum absolute atomic E-state index is 0.0866. The lowest BCUT2D eigenvalue weighted by molar-refractivity contribution is 0.0690. The van der Waals surface area contributed by atoms with Crippen molar-refractivity contribution in [3.63, 3.8) is 0 Å². The van der Waals surface area contributed by atoms with Crippen molar-refractivity contribution < 1.29 is 9.90 Å². The summed E-state index contributed by atoms with van der Waals surface area (Å²) in [5.41, 5.74) is 1.02. The van der Waals surface area contributed by atoms with Crippen LogP contribution in [0, 0.1) is 0 Å². The van der Waals surface area contributed by atoms with E-state index in [-0.39, 0.29) is 16.9 Å². The number of carboxylic acid groups (broad SMARTS) is 1. The molecule has 19 heavy (non-hydrogen) atoms. The van der Waals surface area contributed by atoms with Gasteiger partial charge in [0.15, 0.2) is 5.65 Å². The Bertz CT molecular complexity index is 820. The van der Waals surface area contributed by atoms with Gasteiger partial charge in [-0.3, -0.25) is 14.9 Å². The van der Waals surface area contributed by atoms with E-state index in [0.717, 1.165) is 10.1 Å². The number of aromatic carboxylic acids is 1. The molecule has 3 heterocycles. The first-order valence-corrected chi connectivity index (χ1v) is 5.42. The average Bonchev–Trinajstić information content (AvgIpc) is 2.84. The molecule has 0 saturated carbocycles. The van der Waals surface area contributed by atoms with Gasteiger partial charge >= 0.3 is 5.97 Å². The number of H-pyrrole nitrogens is 1. The van der Waals surface area contributed by atoms with Crippen LogP contribution < -0.4 is 5.56 Å². The first kappa shape index (κ1) is 11.1. The van der Waals surface area contributed by atoms with E-state index in [4.69, 9.17) is 5.11 Å².